The van der Waals surface area contributed by atoms with E-state index in [-0.39, 0.29) is 12.1 Å². The van der Waals surface area contributed by atoms with Gasteiger partial charge >= 0.3 is 0 Å². The van der Waals surface area contributed by atoms with E-state index < -0.39 is 0 Å². The molecule has 2 aromatic carbocycles. The number of halogens is 1. The Hall–Kier alpha value is -2.38. The van der Waals surface area contributed by atoms with Crippen molar-refractivity contribution >= 4 is 12.1 Å². The fourth-order valence-corrected chi connectivity index (χ4v) is 2.34. The molecular weight excluding hydrogens is 313 g/mol. The van der Waals surface area contributed by atoms with Crippen LogP contribution in [-0.4, -0.2) is 20.4 Å². The molecule has 0 bridgehead atoms. The molecule has 0 atom stereocenters. The Morgan fingerprint density at radius 3 is 1.96 bits per heavy atom. The zero-order valence-corrected chi connectivity index (χ0v) is 13.0. The summed E-state index contributed by atoms with van der Waals surface area (Å²) in [5.41, 5.74) is 3.16. The summed E-state index contributed by atoms with van der Waals surface area (Å²) < 4.78 is 12.4. The highest BCUT2D eigenvalue weighted by atomic mass is 32.2. The van der Waals surface area contributed by atoms with E-state index in [1.807, 2.05) is 36.4 Å². The van der Waals surface area contributed by atoms with Crippen molar-refractivity contribution in [3.8, 4) is 11.4 Å². The number of benzene rings is 2. The Kier molecular flexibility index (Phi) is 5.23. The number of aromatic nitrogens is 4. The quantitative estimate of drug-likeness (QED) is 0.750. The van der Waals surface area contributed by atoms with E-state index in [0.717, 1.165) is 29.8 Å². The van der Waals surface area contributed by atoms with Crippen molar-refractivity contribution in [2.24, 2.45) is 0 Å². The van der Waals surface area contributed by atoms with Gasteiger partial charge in [0.2, 0.25) is 5.82 Å². The molecule has 0 amide bonds. The molecule has 116 valence electrons. The maximum atomic E-state index is 12.4. The van der Waals surface area contributed by atoms with Gasteiger partial charge in [0.15, 0.2) is 6.33 Å². The third-order valence-corrected chi connectivity index (χ3v) is 3.74. The van der Waals surface area contributed by atoms with Crippen LogP contribution < -0.4 is 5.32 Å². The second-order valence-electron chi connectivity index (χ2n) is 4.89. The van der Waals surface area contributed by atoms with Crippen molar-refractivity contribution in [1.82, 2.24) is 25.7 Å². The Bertz CT molecular complexity index is 735. The van der Waals surface area contributed by atoms with Gasteiger partial charge < -0.3 is 5.32 Å². The SMILES string of the molecule is FSc1ccc(CNCc2ccc(-c3nncnn3)cc2)cc1. The molecule has 23 heavy (non-hydrogen) atoms. The van der Waals surface area contributed by atoms with E-state index in [1.165, 1.54) is 6.33 Å². The third kappa shape index (κ3) is 4.30. The standard InChI is InChI=1S/C16H14FN5S/c17-23-15-7-3-13(4-8-15)10-18-9-12-1-5-14(6-2-12)16-21-19-11-20-22-16/h1-8,11,18H,9-10H2. The number of nitrogens with one attached hydrogen (secondary N) is 1. The molecule has 0 saturated heterocycles. The Morgan fingerprint density at radius 1 is 0.826 bits per heavy atom. The summed E-state index contributed by atoms with van der Waals surface area (Å²) in [5, 5.41) is 18.6. The van der Waals surface area contributed by atoms with Crippen molar-refractivity contribution in [2.75, 3.05) is 0 Å². The van der Waals surface area contributed by atoms with Crippen LogP contribution in [0.5, 0.6) is 0 Å². The van der Waals surface area contributed by atoms with E-state index in [9.17, 15) is 3.89 Å². The molecule has 0 aliphatic carbocycles. The second-order valence-corrected chi connectivity index (χ2v) is 5.52. The van der Waals surface area contributed by atoms with Crippen LogP contribution >= 0.6 is 12.1 Å². The average Bonchev–Trinajstić information content (AvgIpc) is 2.64. The minimum atomic E-state index is 0.258. The van der Waals surface area contributed by atoms with Crippen LogP contribution in [0.2, 0.25) is 0 Å². The number of rotatable bonds is 6. The molecule has 3 aromatic rings. The molecular formula is C16H14FN5S. The summed E-state index contributed by atoms with van der Waals surface area (Å²) >= 11 is 0.258. The molecule has 3 rings (SSSR count). The van der Waals surface area contributed by atoms with E-state index in [0.29, 0.717) is 10.7 Å². The average molecular weight is 327 g/mol. The molecule has 7 heteroatoms. The first-order chi connectivity index (χ1) is 11.3. The lowest BCUT2D eigenvalue weighted by Gasteiger charge is -2.06. The monoisotopic (exact) mass is 327 g/mol. The Labute approximate surface area is 137 Å². The van der Waals surface area contributed by atoms with Crippen LogP contribution in [0, 0.1) is 0 Å². The van der Waals surface area contributed by atoms with Gasteiger partial charge in [-0.3, -0.25) is 0 Å². The van der Waals surface area contributed by atoms with Gasteiger partial charge in [0.25, 0.3) is 0 Å². The summed E-state index contributed by atoms with van der Waals surface area (Å²) in [6, 6.07) is 15.3. The van der Waals surface area contributed by atoms with Gasteiger partial charge in [-0.25, -0.2) is 0 Å². The molecule has 0 aliphatic rings. The van der Waals surface area contributed by atoms with Gasteiger partial charge in [-0.05, 0) is 23.3 Å². The molecule has 5 nitrogen and oxygen atoms in total. The Morgan fingerprint density at radius 2 is 1.39 bits per heavy atom. The zero-order valence-electron chi connectivity index (χ0n) is 12.2. The van der Waals surface area contributed by atoms with Crippen molar-refractivity contribution in [3.05, 3.63) is 66.0 Å². The summed E-state index contributed by atoms with van der Waals surface area (Å²) in [7, 11) is 0. The van der Waals surface area contributed by atoms with Crippen molar-refractivity contribution < 1.29 is 3.89 Å². The van der Waals surface area contributed by atoms with Crippen LogP contribution in [0.25, 0.3) is 11.4 Å². The van der Waals surface area contributed by atoms with Gasteiger partial charge in [-0.1, -0.05) is 36.4 Å². The Balaban J connectivity index is 1.54. The molecule has 1 heterocycles. The van der Waals surface area contributed by atoms with Crippen LogP contribution in [0.1, 0.15) is 11.1 Å². The van der Waals surface area contributed by atoms with Gasteiger partial charge in [-0.15, -0.1) is 20.4 Å². The van der Waals surface area contributed by atoms with E-state index in [4.69, 9.17) is 0 Å². The summed E-state index contributed by atoms with van der Waals surface area (Å²) in [4.78, 5) is 0.622. The highest BCUT2D eigenvalue weighted by Gasteiger charge is 2.02. The predicted octanol–water partition coefficient (Wildman–Crippen LogP) is 3.20. The first-order valence-corrected chi connectivity index (χ1v) is 7.75. The molecule has 0 aliphatic heterocycles. The molecule has 0 radical (unpaired) electrons. The summed E-state index contributed by atoms with van der Waals surface area (Å²) in [6.07, 6.45) is 1.31. The maximum Gasteiger partial charge on any atom is 0.203 e. The topological polar surface area (TPSA) is 63.6 Å². The van der Waals surface area contributed by atoms with E-state index >= 15 is 0 Å². The van der Waals surface area contributed by atoms with Crippen LogP contribution in [-0.2, 0) is 13.1 Å². The molecule has 0 unspecified atom stereocenters. The largest absolute Gasteiger partial charge is 0.309 e. The molecule has 1 aromatic heterocycles. The first-order valence-electron chi connectivity index (χ1n) is 7.03. The van der Waals surface area contributed by atoms with Crippen molar-refractivity contribution in [3.63, 3.8) is 0 Å². The fraction of sp³-hybridized carbons (Fsp3) is 0.125. The van der Waals surface area contributed by atoms with Gasteiger partial charge in [-0.2, -0.15) is 3.89 Å². The second kappa shape index (κ2) is 7.75. The zero-order chi connectivity index (χ0) is 15.9. The number of hydrogen-bond acceptors (Lipinski definition) is 6. The highest BCUT2D eigenvalue weighted by molar-refractivity contribution is 7.94. The summed E-state index contributed by atoms with van der Waals surface area (Å²) in [5.74, 6) is 0.512. The van der Waals surface area contributed by atoms with Crippen LogP contribution in [0.4, 0.5) is 3.89 Å². The van der Waals surface area contributed by atoms with Gasteiger partial charge in [0, 0.05) is 23.5 Å². The van der Waals surface area contributed by atoms with Crippen LogP contribution in [0.15, 0.2) is 59.8 Å². The third-order valence-electron chi connectivity index (χ3n) is 3.29. The fourth-order valence-electron chi connectivity index (χ4n) is 2.10. The molecule has 0 fully saturated rings. The number of hydrogen-bond donors (Lipinski definition) is 1. The predicted molar refractivity (Wildman–Crippen MR) is 87.0 cm³/mol. The first kappa shape index (κ1) is 15.5. The minimum absolute atomic E-state index is 0.258. The molecule has 0 saturated carbocycles. The van der Waals surface area contributed by atoms with Crippen LogP contribution in [0.3, 0.4) is 0 Å². The lowest BCUT2D eigenvalue weighted by Crippen LogP contribution is -2.12. The summed E-state index contributed by atoms with van der Waals surface area (Å²) in [6.45, 7) is 1.47. The van der Waals surface area contributed by atoms with Crippen molar-refractivity contribution in [2.45, 2.75) is 18.0 Å². The molecule has 0 spiro atoms. The smallest absolute Gasteiger partial charge is 0.203 e. The highest BCUT2D eigenvalue weighted by Crippen LogP contribution is 2.18. The lowest BCUT2D eigenvalue weighted by molar-refractivity contribution is 0.693. The van der Waals surface area contributed by atoms with Gasteiger partial charge in [0.1, 0.15) is 0 Å². The van der Waals surface area contributed by atoms with Crippen molar-refractivity contribution in [1.29, 1.82) is 0 Å². The molecule has 1 N–H and O–H groups in total. The normalized spacial score (nSPS) is 10.7. The maximum absolute atomic E-state index is 12.4. The lowest BCUT2D eigenvalue weighted by atomic mass is 10.1. The minimum Gasteiger partial charge on any atom is -0.309 e. The number of nitrogens with zero attached hydrogens (tertiary/aromatic N) is 4. The van der Waals surface area contributed by atoms with E-state index in [1.54, 1.807) is 12.1 Å². The van der Waals surface area contributed by atoms with Gasteiger partial charge in [0.05, 0.1) is 12.1 Å². The van der Waals surface area contributed by atoms with E-state index in [2.05, 4.69) is 25.7 Å².